The number of alkyl carbamates (subject to hydrolysis) is 1. The third kappa shape index (κ3) is 6.35. The van der Waals surface area contributed by atoms with Gasteiger partial charge in [-0.05, 0) is 46.6 Å². The molecule has 1 aliphatic heterocycles. The predicted octanol–water partition coefficient (Wildman–Crippen LogP) is 3.40. The lowest BCUT2D eigenvalue weighted by Crippen LogP contribution is -2.53. The lowest BCUT2D eigenvalue weighted by atomic mass is 9.88. The molecule has 35 heavy (non-hydrogen) atoms. The summed E-state index contributed by atoms with van der Waals surface area (Å²) in [5.41, 5.74) is 3.92. The fourth-order valence-electron chi connectivity index (χ4n) is 4.77. The molecule has 2 amide bonds. The van der Waals surface area contributed by atoms with E-state index < -0.39 is 17.6 Å². The highest BCUT2D eigenvalue weighted by Crippen LogP contribution is 2.44. The second-order valence-corrected chi connectivity index (χ2v) is 10.0. The molecule has 0 bridgehead atoms. The van der Waals surface area contributed by atoms with Crippen LogP contribution in [0.4, 0.5) is 4.79 Å². The van der Waals surface area contributed by atoms with E-state index in [2.05, 4.69) is 34.9 Å². The van der Waals surface area contributed by atoms with Crippen molar-refractivity contribution in [2.75, 3.05) is 37.9 Å². The molecule has 0 saturated carbocycles. The summed E-state index contributed by atoms with van der Waals surface area (Å²) in [6.45, 7) is 0.369. The van der Waals surface area contributed by atoms with Gasteiger partial charge in [0.15, 0.2) is 0 Å². The Kier molecular flexibility index (Phi) is 8.30. The molecular weight excluding hydrogens is 468 g/mol. The number of ether oxygens (including phenoxy) is 2. The van der Waals surface area contributed by atoms with Crippen LogP contribution < -0.4 is 10.6 Å². The van der Waals surface area contributed by atoms with Crippen molar-refractivity contribution in [1.29, 1.82) is 0 Å². The maximum atomic E-state index is 12.3. The van der Waals surface area contributed by atoms with Gasteiger partial charge >= 0.3 is 12.1 Å². The van der Waals surface area contributed by atoms with Crippen LogP contribution in [-0.4, -0.2) is 66.5 Å². The number of carbonyl (C=O) groups excluding carboxylic acids is 2. The van der Waals surface area contributed by atoms with E-state index in [-0.39, 0.29) is 44.6 Å². The van der Waals surface area contributed by atoms with Gasteiger partial charge in [0.1, 0.15) is 13.2 Å². The van der Waals surface area contributed by atoms with Crippen molar-refractivity contribution in [2.24, 2.45) is 0 Å². The minimum Gasteiger partial charge on any atom is -0.481 e. The summed E-state index contributed by atoms with van der Waals surface area (Å²) in [7, 11) is 0. The molecule has 2 aromatic carbocycles. The minimum absolute atomic E-state index is 0.00981. The molecule has 1 aliphatic carbocycles. The maximum Gasteiger partial charge on any atom is 0.407 e. The molecule has 1 fully saturated rings. The number of rotatable bonds is 10. The highest BCUT2D eigenvalue weighted by atomic mass is 32.2. The molecule has 1 saturated heterocycles. The fourth-order valence-corrected chi connectivity index (χ4v) is 6.04. The third-order valence-corrected chi connectivity index (χ3v) is 7.42. The summed E-state index contributed by atoms with van der Waals surface area (Å²) in [6.07, 6.45) is 0.612. The second kappa shape index (κ2) is 11.6. The van der Waals surface area contributed by atoms with E-state index in [0.29, 0.717) is 12.8 Å². The summed E-state index contributed by atoms with van der Waals surface area (Å²) in [6, 6.07) is 16.3. The fraction of sp³-hybridized carbons (Fsp3) is 0.423. The molecule has 0 unspecified atom stereocenters. The Hall–Kier alpha value is -3.04. The number of carbonyl (C=O) groups is 3. The zero-order valence-corrected chi connectivity index (χ0v) is 20.3. The molecule has 0 aromatic heterocycles. The Labute approximate surface area is 208 Å². The monoisotopic (exact) mass is 498 g/mol. The van der Waals surface area contributed by atoms with Gasteiger partial charge in [-0.2, -0.15) is 11.8 Å². The van der Waals surface area contributed by atoms with Gasteiger partial charge in [-0.3, -0.25) is 9.59 Å². The predicted molar refractivity (Wildman–Crippen MR) is 134 cm³/mol. The van der Waals surface area contributed by atoms with E-state index in [1.54, 1.807) is 11.8 Å². The zero-order valence-electron chi connectivity index (χ0n) is 19.5. The SMILES string of the molecule is O=C(O)CC1(NC(=O)COCCNC(=O)OCC2c3ccccc3-c3ccccc32)CCSCC1. The Balaban J connectivity index is 1.17. The quantitative estimate of drug-likeness (QED) is 0.430. The highest BCUT2D eigenvalue weighted by Gasteiger charge is 2.36. The topological polar surface area (TPSA) is 114 Å². The number of hydrogen-bond donors (Lipinski definition) is 3. The molecule has 9 heteroatoms. The lowest BCUT2D eigenvalue weighted by molar-refractivity contribution is -0.139. The van der Waals surface area contributed by atoms with Crippen molar-refractivity contribution in [1.82, 2.24) is 10.6 Å². The van der Waals surface area contributed by atoms with Crippen molar-refractivity contribution in [3.8, 4) is 11.1 Å². The molecule has 4 rings (SSSR count). The first kappa shape index (κ1) is 25.1. The van der Waals surface area contributed by atoms with E-state index in [1.807, 2.05) is 24.3 Å². The molecular formula is C26H30N2O6S. The number of benzene rings is 2. The van der Waals surface area contributed by atoms with Crippen molar-refractivity contribution in [2.45, 2.75) is 30.7 Å². The van der Waals surface area contributed by atoms with Gasteiger partial charge in [0.25, 0.3) is 0 Å². The lowest BCUT2D eigenvalue weighted by Gasteiger charge is -2.36. The number of nitrogens with one attached hydrogen (secondary N) is 2. The molecule has 0 spiro atoms. The molecule has 8 nitrogen and oxygen atoms in total. The first-order chi connectivity index (χ1) is 17.0. The average molecular weight is 499 g/mol. The maximum absolute atomic E-state index is 12.3. The van der Waals surface area contributed by atoms with Crippen LogP contribution in [0.5, 0.6) is 0 Å². The summed E-state index contributed by atoms with van der Waals surface area (Å²) in [5, 5.41) is 14.7. The van der Waals surface area contributed by atoms with Gasteiger partial charge in [0.2, 0.25) is 5.91 Å². The van der Waals surface area contributed by atoms with E-state index >= 15 is 0 Å². The van der Waals surface area contributed by atoms with E-state index in [1.165, 1.54) is 11.1 Å². The van der Waals surface area contributed by atoms with E-state index in [4.69, 9.17) is 9.47 Å². The van der Waals surface area contributed by atoms with Crippen LogP contribution in [-0.2, 0) is 19.1 Å². The number of thioether (sulfide) groups is 1. The number of amides is 2. The Morgan fingerprint density at radius 3 is 2.26 bits per heavy atom. The largest absolute Gasteiger partial charge is 0.481 e. The Morgan fingerprint density at radius 1 is 1.00 bits per heavy atom. The molecule has 2 aromatic rings. The number of carboxylic acids is 1. The summed E-state index contributed by atoms with van der Waals surface area (Å²) < 4.78 is 10.8. The number of aliphatic carboxylic acids is 1. The first-order valence-corrected chi connectivity index (χ1v) is 12.9. The van der Waals surface area contributed by atoms with Crippen LogP contribution in [0.3, 0.4) is 0 Å². The summed E-state index contributed by atoms with van der Waals surface area (Å²) in [5.74, 6) is 0.353. The molecule has 0 atom stereocenters. The summed E-state index contributed by atoms with van der Waals surface area (Å²) in [4.78, 5) is 35.7. The second-order valence-electron chi connectivity index (χ2n) is 8.82. The third-order valence-electron chi connectivity index (χ3n) is 6.44. The van der Waals surface area contributed by atoms with E-state index in [0.717, 1.165) is 22.6 Å². The number of hydrogen-bond acceptors (Lipinski definition) is 6. The highest BCUT2D eigenvalue weighted by molar-refractivity contribution is 7.99. The number of carboxylic acid groups (broad SMARTS) is 1. The first-order valence-electron chi connectivity index (χ1n) is 11.7. The normalized spacial score (nSPS) is 16.1. The van der Waals surface area contributed by atoms with Crippen LogP contribution in [0.25, 0.3) is 11.1 Å². The van der Waals surface area contributed by atoms with Crippen molar-refractivity contribution < 1.29 is 29.0 Å². The van der Waals surface area contributed by atoms with E-state index in [9.17, 15) is 19.5 Å². The van der Waals surface area contributed by atoms with Gasteiger partial charge in [-0.25, -0.2) is 4.79 Å². The van der Waals surface area contributed by atoms with Gasteiger partial charge in [0.05, 0.1) is 18.6 Å². The van der Waals surface area contributed by atoms with Gasteiger partial charge < -0.3 is 25.2 Å². The Bertz CT molecular complexity index is 1020. The standard InChI is InChI=1S/C26H30N2O6S/c29-23(28-26(15-24(30)31)9-13-35-14-10-26)17-33-12-11-27-25(32)34-16-22-20-7-3-1-5-18(20)19-6-2-4-8-21(19)22/h1-8,22H,9-17H2,(H,27,32)(H,28,29)(H,30,31). The van der Waals surface area contributed by atoms with Gasteiger partial charge in [-0.1, -0.05) is 48.5 Å². The molecule has 3 N–H and O–H groups in total. The average Bonchev–Trinajstić information content (AvgIpc) is 3.16. The molecule has 0 radical (unpaired) electrons. The van der Waals surface area contributed by atoms with Gasteiger partial charge in [0, 0.05) is 12.5 Å². The Morgan fingerprint density at radius 2 is 1.63 bits per heavy atom. The summed E-state index contributed by atoms with van der Waals surface area (Å²) >= 11 is 1.76. The van der Waals surface area contributed by atoms with Crippen LogP contribution >= 0.6 is 11.8 Å². The minimum atomic E-state index is -0.926. The molecule has 2 aliphatic rings. The molecule has 186 valence electrons. The van der Waals surface area contributed by atoms with Gasteiger partial charge in [-0.15, -0.1) is 0 Å². The van der Waals surface area contributed by atoms with Crippen molar-refractivity contribution >= 4 is 29.7 Å². The zero-order chi connectivity index (χ0) is 24.7. The van der Waals surface area contributed by atoms with Crippen LogP contribution in [0.2, 0.25) is 0 Å². The van der Waals surface area contributed by atoms with Crippen molar-refractivity contribution in [3.05, 3.63) is 59.7 Å². The smallest absolute Gasteiger partial charge is 0.407 e. The van der Waals surface area contributed by atoms with Crippen LogP contribution in [0, 0.1) is 0 Å². The van der Waals surface area contributed by atoms with Crippen LogP contribution in [0.15, 0.2) is 48.5 Å². The molecule has 1 heterocycles. The van der Waals surface area contributed by atoms with Crippen LogP contribution in [0.1, 0.15) is 36.3 Å². The van der Waals surface area contributed by atoms with Crippen molar-refractivity contribution in [3.63, 3.8) is 0 Å². The number of fused-ring (bicyclic) bond motifs is 3.